The second-order valence-corrected chi connectivity index (χ2v) is 6.27. The van der Waals surface area contributed by atoms with Crippen molar-refractivity contribution in [3.8, 4) is 12.3 Å². The van der Waals surface area contributed by atoms with Gasteiger partial charge in [0.2, 0.25) is 6.41 Å². The number of hydrogen-bond donors (Lipinski definition) is 2. The van der Waals surface area contributed by atoms with Gasteiger partial charge in [0.15, 0.2) is 0 Å². The Kier molecular flexibility index (Phi) is 15.6. The lowest BCUT2D eigenvalue weighted by molar-refractivity contribution is -0.110. The molecule has 2 atom stereocenters. The van der Waals surface area contributed by atoms with E-state index < -0.39 is 6.10 Å². The highest BCUT2D eigenvalue weighted by molar-refractivity contribution is 5.46. The van der Waals surface area contributed by atoms with Crippen LogP contribution in [0.4, 0.5) is 0 Å². The maximum atomic E-state index is 10.3. The van der Waals surface area contributed by atoms with Crippen LogP contribution in [-0.2, 0) is 4.79 Å². The molecule has 0 heterocycles. The fourth-order valence-corrected chi connectivity index (χ4v) is 2.64. The van der Waals surface area contributed by atoms with E-state index in [2.05, 4.69) is 11.2 Å². The maximum Gasteiger partial charge on any atom is 0.207 e. The molecule has 2 N–H and O–H groups in total. The van der Waals surface area contributed by atoms with Crippen molar-refractivity contribution >= 4 is 6.41 Å². The molecule has 0 aliphatic rings. The van der Waals surface area contributed by atoms with Gasteiger partial charge in [-0.15, -0.1) is 12.3 Å². The number of carbonyl (C=O) groups excluding carboxylic acids is 1. The summed E-state index contributed by atoms with van der Waals surface area (Å²) in [7, 11) is 0. The minimum absolute atomic E-state index is 0.141. The number of aliphatic hydroxyl groups is 1. The van der Waals surface area contributed by atoms with Crippen LogP contribution in [0.2, 0.25) is 0 Å². The fraction of sp³-hybridized carbons (Fsp3) is 0.842. The van der Waals surface area contributed by atoms with Gasteiger partial charge in [-0.3, -0.25) is 4.79 Å². The number of nitrogens with one attached hydrogen (secondary N) is 1. The van der Waals surface area contributed by atoms with Gasteiger partial charge in [-0.2, -0.15) is 0 Å². The number of terminal acetylenes is 1. The first-order chi connectivity index (χ1) is 10.7. The van der Waals surface area contributed by atoms with E-state index in [4.69, 9.17) is 6.42 Å². The monoisotopic (exact) mass is 309 g/mol. The van der Waals surface area contributed by atoms with Crippen molar-refractivity contribution < 1.29 is 9.90 Å². The van der Waals surface area contributed by atoms with E-state index in [0.29, 0.717) is 6.41 Å². The van der Waals surface area contributed by atoms with Crippen molar-refractivity contribution in [2.75, 3.05) is 0 Å². The van der Waals surface area contributed by atoms with Crippen LogP contribution in [0.1, 0.15) is 90.4 Å². The van der Waals surface area contributed by atoms with Gasteiger partial charge in [-0.25, -0.2) is 0 Å². The van der Waals surface area contributed by atoms with Gasteiger partial charge in [0.25, 0.3) is 0 Å². The average molecular weight is 309 g/mol. The van der Waals surface area contributed by atoms with Gasteiger partial charge < -0.3 is 10.4 Å². The lowest BCUT2D eigenvalue weighted by atomic mass is 10.0. The zero-order valence-electron chi connectivity index (χ0n) is 14.4. The van der Waals surface area contributed by atoms with Gasteiger partial charge in [0, 0.05) is 6.42 Å². The molecule has 128 valence electrons. The molecule has 3 heteroatoms. The Hall–Kier alpha value is -1.01. The van der Waals surface area contributed by atoms with Crippen LogP contribution >= 0.6 is 0 Å². The molecule has 2 unspecified atom stereocenters. The highest BCUT2D eigenvalue weighted by Gasteiger charge is 2.11. The van der Waals surface area contributed by atoms with Crippen LogP contribution in [0.25, 0.3) is 0 Å². The fourth-order valence-electron chi connectivity index (χ4n) is 2.64. The van der Waals surface area contributed by atoms with Crippen LogP contribution in [0, 0.1) is 12.3 Å². The van der Waals surface area contributed by atoms with Crippen molar-refractivity contribution in [2.24, 2.45) is 0 Å². The van der Waals surface area contributed by atoms with E-state index in [0.717, 1.165) is 19.3 Å². The Bertz CT molecular complexity index is 286. The number of rotatable bonds is 16. The molecule has 0 spiro atoms. The minimum Gasteiger partial charge on any atom is -0.391 e. The number of carbonyl (C=O) groups is 1. The molecule has 22 heavy (non-hydrogen) atoms. The van der Waals surface area contributed by atoms with E-state index in [1.54, 1.807) is 0 Å². The topological polar surface area (TPSA) is 49.3 Å². The van der Waals surface area contributed by atoms with Gasteiger partial charge in [-0.1, -0.05) is 64.2 Å². The predicted octanol–water partition coefficient (Wildman–Crippen LogP) is 4.19. The molecule has 0 fully saturated rings. The Morgan fingerprint density at radius 1 is 0.955 bits per heavy atom. The number of hydrogen-bond acceptors (Lipinski definition) is 2. The molecule has 0 aromatic carbocycles. The van der Waals surface area contributed by atoms with Crippen LogP contribution in [0.5, 0.6) is 0 Å². The number of amides is 1. The first-order valence-electron chi connectivity index (χ1n) is 9.03. The molecule has 0 saturated heterocycles. The summed E-state index contributed by atoms with van der Waals surface area (Å²) in [6.07, 6.45) is 21.1. The van der Waals surface area contributed by atoms with Gasteiger partial charge in [-0.05, 0) is 19.8 Å². The normalized spacial score (nSPS) is 13.3. The van der Waals surface area contributed by atoms with Gasteiger partial charge in [0.1, 0.15) is 0 Å². The summed E-state index contributed by atoms with van der Waals surface area (Å²) in [4.78, 5) is 10.3. The number of unbranched alkanes of at least 4 members (excludes halogenated alkanes) is 11. The molecule has 0 radical (unpaired) electrons. The minimum atomic E-state index is -0.417. The van der Waals surface area contributed by atoms with Crippen molar-refractivity contribution in [1.29, 1.82) is 0 Å². The van der Waals surface area contributed by atoms with Gasteiger partial charge in [0.05, 0.1) is 12.1 Å². The Labute approximate surface area is 137 Å². The first kappa shape index (κ1) is 21.0. The van der Waals surface area contributed by atoms with E-state index >= 15 is 0 Å². The van der Waals surface area contributed by atoms with Crippen molar-refractivity contribution in [3.63, 3.8) is 0 Å². The average Bonchev–Trinajstić information content (AvgIpc) is 2.51. The third-order valence-corrected chi connectivity index (χ3v) is 4.23. The molecular formula is C19H35NO2. The summed E-state index contributed by atoms with van der Waals surface area (Å²) >= 11 is 0. The zero-order chi connectivity index (χ0) is 16.5. The highest BCUT2D eigenvalue weighted by Crippen LogP contribution is 2.13. The molecular weight excluding hydrogens is 274 g/mol. The molecule has 0 aliphatic carbocycles. The lowest BCUT2D eigenvalue weighted by Crippen LogP contribution is -2.36. The summed E-state index contributed by atoms with van der Waals surface area (Å²) in [6.45, 7) is 1.84. The van der Waals surface area contributed by atoms with Crippen LogP contribution in [0.15, 0.2) is 0 Å². The molecule has 0 saturated carbocycles. The van der Waals surface area contributed by atoms with E-state index in [-0.39, 0.29) is 6.04 Å². The lowest BCUT2D eigenvalue weighted by Gasteiger charge is -2.17. The van der Waals surface area contributed by atoms with E-state index in [1.165, 1.54) is 64.2 Å². The second kappa shape index (κ2) is 16.4. The van der Waals surface area contributed by atoms with E-state index in [9.17, 15) is 9.90 Å². The Morgan fingerprint density at radius 3 is 1.86 bits per heavy atom. The Balaban J connectivity index is 3.17. The highest BCUT2D eigenvalue weighted by atomic mass is 16.3. The second-order valence-electron chi connectivity index (χ2n) is 6.27. The summed E-state index contributed by atoms with van der Waals surface area (Å²) in [6, 6.07) is -0.141. The van der Waals surface area contributed by atoms with Crippen molar-refractivity contribution in [3.05, 3.63) is 0 Å². The smallest absolute Gasteiger partial charge is 0.207 e. The first-order valence-corrected chi connectivity index (χ1v) is 9.03. The third-order valence-electron chi connectivity index (χ3n) is 4.23. The van der Waals surface area contributed by atoms with E-state index in [1.807, 2.05) is 6.92 Å². The van der Waals surface area contributed by atoms with Crippen molar-refractivity contribution in [2.45, 2.75) is 103 Å². The maximum absolute atomic E-state index is 10.3. The van der Waals surface area contributed by atoms with Crippen LogP contribution in [0.3, 0.4) is 0 Å². The van der Waals surface area contributed by atoms with Crippen LogP contribution in [-0.4, -0.2) is 23.7 Å². The number of aliphatic hydroxyl groups excluding tert-OH is 1. The molecule has 1 amide bonds. The summed E-state index contributed by atoms with van der Waals surface area (Å²) < 4.78 is 0. The molecule has 0 aromatic rings. The molecule has 0 aliphatic heterocycles. The quantitative estimate of drug-likeness (QED) is 0.255. The molecule has 3 nitrogen and oxygen atoms in total. The van der Waals surface area contributed by atoms with Crippen molar-refractivity contribution in [1.82, 2.24) is 5.32 Å². The standard InChI is InChI=1S/C19H35NO2/c1-3-4-5-6-7-8-9-10-11-12-13-14-15-16-19(22)18(2)20-17-21/h1,17-19,22H,4-16H2,2H3,(H,20,21). The SMILES string of the molecule is C#CCCCCCCCCCCCCCC(O)C(C)NC=O. The molecule has 0 aromatic heterocycles. The summed E-state index contributed by atoms with van der Waals surface area (Å²) in [5.74, 6) is 2.69. The zero-order valence-corrected chi connectivity index (χ0v) is 14.4. The van der Waals surface area contributed by atoms with Crippen LogP contribution < -0.4 is 5.32 Å². The Morgan fingerprint density at radius 2 is 1.41 bits per heavy atom. The predicted molar refractivity (Wildman–Crippen MR) is 93.5 cm³/mol. The summed E-state index contributed by atoms with van der Waals surface area (Å²) in [5.41, 5.74) is 0. The molecule has 0 rings (SSSR count). The third kappa shape index (κ3) is 13.9. The van der Waals surface area contributed by atoms with Gasteiger partial charge >= 0.3 is 0 Å². The molecule has 0 bridgehead atoms. The largest absolute Gasteiger partial charge is 0.391 e. The summed E-state index contributed by atoms with van der Waals surface area (Å²) in [5, 5.41) is 12.4.